The van der Waals surface area contributed by atoms with Crippen LogP contribution < -0.4 is 14.2 Å². The third kappa shape index (κ3) is 10.9. The summed E-state index contributed by atoms with van der Waals surface area (Å²) >= 11 is 0. The second-order valence-electron chi connectivity index (χ2n) is 13.6. The number of pyridine rings is 1. The summed E-state index contributed by atoms with van der Waals surface area (Å²) < 4.78 is 30.9. The van der Waals surface area contributed by atoms with Gasteiger partial charge in [-0.25, -0.2) is 9.37 Å². The fraction of sp³-hybridized carbons (Fsp3) is 0.244. The van der Waals surface area contributed by atoms with Gasteiger partial charge in [0.15, 0.2) is 0 Å². The molecular weight excluding hydrogens is 666 g/mol. The Morgan fingerprint density at radius 2 is 1.43 bits per heavy atom. The number of aryl methyl sites for hydroxylation is 3. The summed E-state index contributed by atoms with van der Waals surface area (Å²) in [6.45, 7) is 12.9. The maximum absolute atomic E-state index is 13.1. The summed E-state index contributed by atoms with van der Waals surface area (Å²) in [7, 11) is 0. The van der Waals surface area contributed by atoms with Gasteiger partial charge in [-0.3, -0.25) is 9.69 Å². The third-order valence-corrected chi connectivity index (χ3v) is 9.11. The van der Waals surface area contributed by atoms with Crippen LogP contribution in [0, 0.1) is 26.6 Å². The summed E-state index contributed by atoms with van der Waals surface area (Å²) in [6, 6.07) is 30.5. The van der Waals surface area contributed by atoms with Crippen molar-refractivity contribution in [3.63, 3.8) is 0 Å². The van der Waals surface area contributed by atoms with Crippen LogP contribution in [0.5, 0.6) is 23.1 Å². The first-order chi connectivity index (χ1) is 25.7. The van der Waals surface area contributed by atoms with Gasteiger partial charge in [0, 0.05) is 44.9 Å². The maximum atomic E-state index is 13.1. The summed E-state index contributed by atoms with van der Waals surface area (Å²) in [5.74, 6) is 2.38. The maximum Gasteiger partial charge on any atom is 0.246 e. The van der Waals surface area contributed by atoms with E-state index in [1.54, 1.807) is 36.5 Å². The molecule has 0 saturated carbocycles. The van der Waals surface area contributed by atoms with Gasteiger partial charge in [0.2, 0.25) is 11.8 Å². The minimum atomic E-state index is -0.278. The number of nitrogens with zero attached hydrogens (tertiary/aromatic N) is 3. The highest BCUT2D eigenvalue weighted by atomic mass is 19.1. The summed E-state index contributed by atoms with van der Waals surface area (Å²) in [6.07, 6.45) is 7.30. The number of rotatable bonds is 13. The Bertz CT molecular complexity index is 2010. The molecule has 0 unspecified atom stereocenters. The van der Waals surface area contributed by atoms with Crippen molar-refractivity contribution in [2.45, 2.75) is 40.8 Å². The van der Waals surface area contributed by atoms with Crippen molar-refractivity contribution in [1.29, 1.82) is 0 Å². The summed E-state index contributed by atoms with van der Waals surface area (Å²) in [5, 5.41) is 0. The molecule has 7 nitrogen and oxygen atoms in total. The summed E-state index contributed by atoms with van der Waals surface area (Å²) in [4.78, 5) is 21.8. The van der Waals surface area contributed by atoms with Crippen LogP contribution in [-0.2, 0) is 17.9 Å². The van der Waals surface area contributed by atoms with E-state index >= 15 is 0 Å². The highest BCUT2D eigenvalue weighted by Crippen LogP contribution is 2.30. The van der Waals surface area contributed by atoms with Crippen LogP contribution in [0.4, 0.5) is 4.39 Å². The Morgan fingerprint density at radius 1 is 0.774 bits per heavy atom. The molecule has 0 atom stereocenters. The fourth-order valence-corrected chi connectivity index (χ4v) is 6.14. The van der Waals surface area contributed by atoms with Gasteiger partial charge < -0.3 is 19.1 Å². The quantitative estimate of drug-likeness (QED) is 0.114. The zero-order valence-corrected chi connectivity index (χ0v) is 30.8. The molecule has 0 bridgehead atoms. The SMILES string of the molecule is C/C(=C\c1ccc(CN2CCN(C(=O)/C=C/c3cc(C)c(Oc4ccc(OCc5ccc(F)cc5)cn4)c(C)c3)CC2)cc1)COc1ccc(C)cc1. The van der Waals surface area contributed by atoms with Crippen LogP contribution >= 0.6 is 0 Å². The van der Waals surface area contributed by atoms with Crippen molar-refractivity contribution in [2.75, 3.05) is 32.8 Å². The number of amides is 1. The molecule has 0 spiro atoms. The molecular formula is C45H46FN3O4. The molecule has 4 aromatic carbocycles. The molecule has 1 aliphatic rings. The lowest BCUT2D eigenvalue weighted by atomic mass is 10.1. The van der Waals surface area contributed by atoms with Gasteiger partial charge in [-0.2, -0.15) is 0 Å². The van der Waals surface area contributed by atoms with Gasteiger partial charge in [0.05, 0.1) is 6.20 Å². The Morgan fingerprint density at radius 3 is 2.09 bits per heavy atom. The number of hydrogen-bond acceptors (Lipinski definition) is 6. The molecule has 6 rings (SSSR count). The van der Waals surface area contributed by atoms with Crippen LogP contribution in [0.25, 0.3) is 12.2 Å². The molecule has 1 saturated heterocycles. The number of ether oxygens (including phenoxy) is 3. The Labute approximate surface area is 312 Å². The topological polar surface area (TPSA) is 64.1 Å². The van der Waals surface area contributed by atoms with Crippen LogP contribution in [-0.4, -0.2) is 53.5 Å². The van der Waals surface area contributed by atoms with E-state index in [0.29, 0.717) is 37.9 Å². The zero-order valence-electron chi connectivity index (χ0n) is 30.8. The fourth-order valence-electron chi connectivity index (χ4n) is 6.14. The number of carbonyl (C=O) groups is 1. The van der Waals surface area contributed by atoms with E-state index in [4.69, 9.17) is 14.2 Å². The van der Waals surface area contributed by atoms with E-state index < -0.39 is 0 Å². The first-order valence-electron chi connectivity index (χ1n) is 17.9. The van der Waals surface area contributed by atoms with Gasteiger partial charge in [0.25, 0.3) is 0 Å². The zero-order chi connectivity index (χ0) is 37.2. The van der Waals surface area contributed by atoms with Crippen LogP contribution in [0.1, 0.15) is 45.9 Å². The molecule has 1 aliphatic heterocycles. The average Bonchev–Trinajstić information content (AvgIpc) is 3.16. The van der Waals surface area contributed by atoms with Crippen molar-refractivity contribution in [2.24, 2.45) is 0 Å². The van der Waals surface area contributed by atoms with E-state index in [2.05, 4.69) is 66.2 Å². The molecule has 0 N–H and O–H groups in total. The highest BCUT2D eigenvalue weighted by Gasteiger charge is 2.20. The molecule has 0 aliphatic carbocycles. The van der Waals surface area contributed by atoms with Crippen LogP contribution in [0.2, 0.25) is 0 Å². The lowest BCUT2D eigenvalue weighted by molar-refractivity contribution is -0.127. The Kier molecular flexibility index (Phi) is 12.3. The van der Waals surface area contributed by atoms with Crippen molar-refractivity contribution in [3.8, 4) is 23.1 Å². The van der Waals surface area contributed by atoms with Crippen molar-refractivity contribution >= 4 is 18.1 Å². The van der Waals surface area contributed by atoms with Gasteiger partial charge in [-0.15, -0.1) is 0 Å². The molecule has 1 amide bonds. The first kappa shape index (κ1) is 37.0. The number of piperazine rings is 1. The minimum absolute atomic E-state index is 0.0177. The van der Waals surface area contributed by atoms with E-state index in [1.165, 1.54) is 23.3 Å². The van der Waals surface area contributed by atoms with Gasteiger partial charge in [-0.05, 0) is 115 Å². The number of carbonyl (C=O) groups excluding carboxylic acids is 1. The largest absolute Gasteiger partial charge is 0.489 e. The predicted molar refractivity (Wildman–Crippen MR) is 209 cm³/mol. The molecule has 8 heteroatoms. The standard InChI is InChI=1S/C45H46FN3O4/c1-32-5-16-41(17-6-32)51-30-33(2)25-36-7-9-37(10-8-36)29-48-21-23-49(24-22-48)44(50)20-13-39-26-34(3)45(35(4)27-39)53-43-19-18-42(28-47-43)52-31-38-11-14-40(46)15-12-38/h5-20,25-28H,21-24,29-31H2,1-4H3/b20-13+,33-25+. The van der Waals surface area contributed by atoms with Crippen LogP contribution in [0.15, 0.2) is 115 Å². The number of hydrogen-bond donors (Lipinski definition) is 0. The third-order valence-electron chi connectivity index (χ3n) is 9.11. The molecule has 1 fully saturated rings. The Balaban J connectivity index is 0.939. The summed E-state index contributed by atoms with van der Waals surface area (Å²) in [5.41, 5.74) is 8.47. The van der Waals surface area contributed by atoms with Gasteiger partial charge in [0.1, 0.15) is 36.3 Å². The molecule has 0 radical (unpaired) electrons. The average molecular weight is 712 g/mol. The van der Waals surface area contributed by atoms with Crippen molar-refractivity contribution < 1.29 is 23.4 Å². The number of halogens is 1. The van der Waals surface area contributed by atoms with Gasteiger partial charge in [-0.1, -0.05) is 60.2 Å². The monoisotopic (exact) mass is 711 g/mol. The van der Waals surface area contributed by atoms with E-state index in [0.717, 1.165) is 64.5 Å². The molecule has 2 heterocycles. The van der Waals surface area contributed by atoms with Crippen molar-refractivity contribution in [1.82, 2.24) is 14.8 Å². The van der Waals surface area contributed by atoms with E-state index in [9.17, 15) is 9.18 Å². The number of benzene rings is 4. The minimum Gasteiger partial charge on any atom is -0.489 e. The molecule has 272 valence electrons. The smallest absolute Gasteiger partial charge is 0.246 e. The van der Waals surface area contributed by atoms with E-state index in [-0.39, 0.29) is 11.7 Å². The van der Waals surface area contributed by atoms with E-state index in [1.807, 2.05) is 49.1 Å². The van der Waals surface area contributed by atoms with Gasteiger partial charge >= 0.3 is 0 Å². The normalized spacial score (nSPS) is 13.7. The first-order valence-corrected chi connectivity index (χ1v) is 17.9. The van der Waals surface area contributed by atoms with Crippen LogP contribution in [0.3, 0.4) is 0 Å². The lowest BCUT2D eigenvalue weighted by Gasteiger charge is -2.34. The van der Waals surface area contributed by atoms with Crippen molar-refractivity contribution in [3.05, 3.63) is 160 Å². The second-order valence-corrected chi connectivity index (χ2v) is 13.6. The Hall–Kier alpha value is -5.73. The lowest BCUT2D eigenvalue weighted by Crippen LogP contribution is -2.47. The molecule has 53 heavy (non-hydrogen) atoms. The number of aromatic nitrogens is 1. The molecule has 5 aromatic rings. The molecule has 1 aromatic heterocycles. The predicted octanol–water partition coefficient (Wildman–Crippen LogP) is 9.36. The highest BCUT2D eigenvalue weighted by molar-refractivity contribution is 5.92. The second kappa shape index (κ2) is 17.7.